The van der Waals surface area contributed by atoms with E-state index in [4.69, 9.17) is 23.2 Å². The van der Waals surface area contributed by atoms with Gasteiger partial charge in [-0.2, -0.15) is 5.10 Å². The quantitative estimate of drug-likeness (QED) is 0.734. The average Bonchev–Trinajstić information content (AvgIpc) is 2.33. The van der Waals surface area contributed by atoms with Gasteiger partial charge in [0.05, 0.1) is 10.8 Å². The molecule has 2 atom stereocenters. The zero-order chi connectivity index (χ0) is 8.43. The van der Waals surface area contributed by atoms with Gasteiger partial charge in [-0.05, 0) is 13.8 Å². The van der Waals surface area contributed by atoms with Gasteiger partial charge in [0, 0.05) is 0 Å². The van der Waals surface area contributed by atoms with Gasteiger partial charge in [-0.15, -0.1) is 23.2 Å². The van der Waals surface area contributed by atoms with Crippen LogP contribution in [0.5, 0.6) is 0 Å². The predicted molar refractivity (Wildman–Crippen MR) is 44.9 cm³/mol. The summed E-state index contributed by atoms with van der Waals surface area (Å²) in [6.07, 6.45) is 0. The molecule has 0 amide bonds. The molecule has 0 spiro atoms. The fourth-order valence-corrected chi connectivity index (χ4v) is 0.839. The van der Waals surface area contributed by atoms with E-state index in [1.54, 1.807) is 0 Å². The molecular weight excluding hydrogens is 185 g/mol. The minimum atomic E-state index is -0.171. The van der Waals surface area contributed by atoms with Crippen molar-refractivity contribution in [3.05, 3.63) is 11.6 Å². The average molecular weight is 194 g/mol. The molecule has 1 aromatic heterocycles. The van der Waals surface area contributed by atoms with Crippen molar-refractivity contribution in [3.8, 4) is 0 Å². The second-order valence-corrected chi connectivity index (χ2v) is 3.62. The van der Waals surface area contributed by atoms with Crippen LogP contribution in [-0.2, 0) is 0 Å². The molecular formula is C6H9Cl2N3. The van der Waals surface area contributed by atoms with Crippen LogP contribution >= 0.6 is 23.2 Å². The van der Waals surface area contributed by atoms with Crippen LogP contribution in [0.25, 0.3) is 0 Å². The summed E-state index contributed by atoms with van der Waals surface area (Å²) < 4.78 is 0. The van der Waals surface area contributed by atoms with Gasteiger partial charge in [0.1, 0.15) is 5.82 Å². The third-order valence-corrected chi connectivity index (χ3v) is 1.65. The largest absolute Gasteiger partial charge is 0.262 e. The summed E-state index contributed by atoms with van der Waals surface area (Å²) in [6, 6.07) is 0. The molecule has 2 unspecified atom stereocenters. The van der Waals surface area contributed by atoms with Gasteiger partial charge in [-0.3, -0.25) is 5.10 Å². The Kier molecular flexibility index (Phi) is 2.73. The van der Waals surface area contributed by atoms with Gasteiger partial charge < -0.3 is 0 Å². The highest BCUT2D eigenvalue weighted by atomic mass is 35.5. The van der Waals surface area contributed by atoms with Gasteiger partial charge in [0.25, 0.3) is 0 Å². The van der Waals surface area contributed by atoms with Crippen molar-refractivity contribution in [2.75, 3.05) is 0 Å². The molecule has 1 heterocycles. The molecule has 5 heteroatoms. The Morgan fingerprint density at radius 2 is 1.91 bits per heavy atom. The van der Waals surface area contributed by atoms with Crippen molar-refractivity contribution in [1.29, 1.82) is 0 Å². The van der Waals surface area contributed by atoms with Crippen molar-refractivity contribution in [1.82, 2.24) is 15.2 Å². The van der Waals surface area contributed by atoms with E-state index in [1.165, 1.54) is 0 Å². The molecule has 0 radical (unpaired) electrons. The van der Waals surface area contributed by atoms with Crippen LogP contribution in [0.3, 0.4) is 0 Å². The maximum Gasteiger partial charge on any atom is 0.168 e. The first-order valence-corrected chi connectivity index (χ1v) is 4.19. The molecule has 11 heavy (non-hydrogen) atoms. The summed E-state index contributed by atoms with van der Waals surface area (Å²) in [6.45, 7) is 3.64. The third-order valence-electron chi connectivity index (χ3n) is 1.25. The lowest BCUT2D eigenvalue weighted by molar-refractivity contribution is 0.912. The molecule has 0 aliphatic rings. The molecule has 62 valence electrons. The highest BCUT2D eigenvalue weighted by Gasteiger charge is 2.10. The molecule has 3 nitrogen and oxygen atoms in total. The van der Waals surface area contributed by atoms with Crippen LogP contribution < -0.4 is 0 Å². The molecule has 0 fully saturated rings. The first-order chi connectivity index (χ1) is 5.11. The summed E-state index contributed by atoms with van der Waals surface area (Å²) in [4.78, 5) is 4.08. The number of nitrogens with one attached hydrogen (secondary N) is 1. The van der Waals surface area contributed by atoms with Gasteiger partial charge in [0.2, 0.25) is 0 Å². The first kappa shape index (κ1) is 8.81. The summed E-state index contributed by atoms with van der Waals surface area (Å²) >= 11 is 11.5. The van der Waals surface area contributed by atoms with Crippen LogP contribution in [0.1, 0.15) is 36.3 Å². The molecule has 1 rings (SSSR count). The maximum atomic E-state index is 5.74. The van der Waals surface area contributed by atoms with Gasteiger partial charge >= 0.3 is 0 Å². The highest BCUT2D eigenvalue weighted by molar-refractivity contribution is 6.20. The fraction of sp³-hybridized carbons (Fsp3) is 0.667. The molecule has 1 N–H and O–H groups in total. The van der Waals surface area contributed by atoms with Crippen molar-refractivity contribution in [3.63, 3.8) is 0 Å². The van der Waals surface area contributed by atoms with E-state index >= 15 is 0 Å². The number of hydrogen-bond acceptors (Lipinski definition) is 2. The second-order valence-electron chi connectivity index (χ2n) is 2.31. The predicted octanol–water partition coefficient (Wildman–Crippen LogP) is 2.40. The molecule has 0 aromatic carbocycles. The van der Waals surface area contributed by atoms with Crippen LogP contribution in [0.4, 0.5) is 0 Å². The number of aromatic nitrogens is 3. The Hall–Kier alpha value is -0.280. The molecule has 0 saturated carbocycles. The van der Waals surface area contributed by atoms with Crippen molar-refractivity contribution >= 4 is 23.2 Å². The second kappa shape index (κ2) is 3.41. The van der Waals surface area contributed by atoms with Gasteiger partial charge in [-0.1, -0.05) is 0 Å². The monoisotopic (exact) mass is 193 g/mol. The van der Waals surface area contributed by atoms with E-state index in [-0.39, 0.29) is 10.8 Å². The number of halogens is 2. The Bertz CT molecular complexity index is 209. The molecule has 0 saturated heterocycles. The van der Waals surface area contributed by atoms with Crippen LogP contribution in [-0.4, -0.2) is 15.2 Å². The van der Waals surface area contributed by atoms with E-state index in [1.807, 2.05) is 13.8 Å². The van der Waals surface area contributed by atoms with Gasteiger partial charge in [0.15, 0.2) is 5.82 Å². The number of aromatic amines is 1. The molecule has 0 aliphatic carbocycles. The van der Waals surface area contributed by atoms with Gasteiger partial charge in [-0.25, -0.2) is 4.98 Å². The van der Waals surface area contributed by atoms with Crippen molar-refractivity contribution < 1.29 is 0 Å². The zero-order valence-electron chi connectivity index (χ0n) is 6.31. The molecule has 1 aromatic rings. The number of H-pyrrole nitrogens is 1. The van der Waals surface area contributed by atoms with E-state index < -0.39 is 0 Å². The van der Waals surface area contributed by atoms with Crippen molar-refractivity contribution in [2.24, 2.45) is 0 Å². The third kappa shape index (κ3) is 2.07. The van der Waals surface area contributed by atoms with Crippen LogP contribution in [0.2, 0.25) is 0 Å². The Balaban J connectivity index is 2.82. The Labute approximate surface area is 75.1 Å². The normalized spacial score (nSPS) is 16.4. The minimum Gasteiger partial charge on any atom is -0.262 e. The van der Waals surface area contributed by atoms with E-state index in [0.29, 0.717) is 11.6 Å². The summed E-state index contributed by atoms with van der Waals surface area (Å²) in [5, 5.41) is 6.28. The topological polar surface area (TPSA) is 41.6 Å². The lowest BCUT2D eigenvalue weighted by Gasteiger charge is -1.94. The number of hydrogen-bond donors (Lipinski definition) is 1. The smallest absolute Gasteiger partial charge is 0.168 e. The van der Waals surface area contributed by atoms with E-state index in [0.717, 1.165) is 0 Å². The maximum absolute atomic E-state index is 5.74. The number of rotatable bonds is 2. The molecule has 0 bridgehead atoms. The summed E-state index contributed by atoms with van der Waals surface area (Å²) in [7, 11) is 0. The minimum absolute atomic E-state index is 0.147. The fourth-order valence-electron chi connectivity index (χ4n) is 0.644. The molecule has 0 aliphatic heterocycles. The van der Waals surface area contributed by atoms with E-state index in [2.05, 4.69) is 15.2 Å². The van der Waals surface area contributed by atoms with E-state index in [9.17, 15) is 0 Å². The van der Waals surface area contributed by atoms with Crippen LogP contribution in [0.15, 0.2) is 0 Å². The Morgan fingerprint density at radius 1 is 1.27 bits per heavy atom. The number of alkyl halides is 2. The highest BCUT2D eigenvalue weighted by Crippen LogP contribution is 2.19. The summed E-state index contributed by atoms with van der Waals surface area (Å²) in [5.41, 5.74) is 0. The summed E-state index contributed by atoms with van der Waals surface area (Å²) in [5.74, 6) is 1.25. The Morgan fingerprint density at radius 3 is 2.18 bits per heavy atom. The van der Waals surface area contributed by atoms with Crippen molar-refractivity contribution in [2.45, 2.75) is 24.6 Å². The van der Waals surface area contributed by atoms with Crippen LogP contribution in [0, 0.1) is 0 Å². The standard InChI is InChI=1S/C6H9Cl2N3/c1-3(7)5-9-6(4(2)8)11-10-5/h3-4H,1-2H3,(H,9,10,11). The lowest BCUT2D eigenvalue weighted by atomic mass is 10.4. The zero-order valence-corrected chi connectivity index (χ0v) is 7.82. The number of nitrogens with zero attached hydrogens (tertiary/aromatic N) is 2. The SMILES string of the molecule is CC(Cl)c1n[nH]c(C(C)Cl)n1. The first-order valence-electron chi connectivity index (χ1n) is 3.31. The lowest BCUT2D eigenvalue weighted by Crippen LogP contribution is -1.89.